The first-order valence-electron chi connectivity index (χ1n) is 4.63. The van der Waals surface area contributed by atoms with Gasteiger partial charge in [-0.25, -0.2) is 4.79 Å². The smallest absolute Gasteiger partial charge is 0.350 e. The van der Waals surface area contributed by atoms with E-state index in [0.29, 0.717) is 17.8 Å². The van der Waals surface area contributed by atoms with E-state index >= 15 is 0 Å². The average molecular weight is 285 g/mol. The zero-order valence-electron chi connectivity index (χ0n) is 8.51. The van der Waals surface area contributed by atoms with Crippen molar-refractivity contribution in [2.75, 3.05) is 7.11 Å². The number of hydrogen-bond donors (Lipinski definition) is 0. The van der Waals surface area contributed by atoms with Crippen LogP contribution in [0.1, 0.15) is 12.1 Å². The van der Waals surface area contributed by atoms with E-state index in [1.54, 1.807) is 6.20 Å². The predicted molar refractivity (Wildman–Crippen MR) is 60.0 cm³/mol. The molecule has 0 spiro atoms. The van der Waals surface area contributed by atoms with Crippen molar-refractivity contribution in [1.82, 2.24) is 4.98 Å². The second kappa shape index (κ2) is 4.61. The number of esters is 1. The first-order valence-corrected chi connectivity index (χ1v) is 5.42. The number of rotatable bonds is 2. The van der Waals surface area contributed by atoms with Crippen LogP contribution in [-0.2, 0) is 14.4 Å². The Bertz CT molecular complexity index is 430. The van der Waals surface area contributed by atoms with Crippen molar-refractivity contribution in [2.24, 2.45) is 5.16 Å². The van der Waals surface area contributed by atoms with Crippen LogP contribution < -0.4 is 0 Å². The van der Waals surface area contributed by atoms with Crippen LogP contribution in [0.4, 0.5) is 0 Å². The number of nitrogens with zero attached hydrogens (tertiary/aromatic N) is 2. The minimum absolute atomic E-state index is 0.390. The molecule has 2 rings (SSSR count). The van der Waals surface area contributed by atoms with E-state index in [1.807, 2.05) is 12.1 Å². The van der Waals surface area contributed by atoms with Gasteiger partial charge in [-0.05, 0) is 28.1 Å². The highest BCUT2D eigenvalue weighted by Crippen LogP contribution is 2.17. The molecule has 0 radical (unpaired) electrons. The molecule has 1 aliphatic heterocycles. The molecular formula is C10H9BrN2O3. The third-order valence-corrected chi connectivity index (χ3v) is 2.63. The van der Waals surface area contributed by atoms with Gasteiger partial charge in [0.2, 0.25) is 6.10 Å². The molecule has 1 aromatic heterocycles. The maximum Gasteiger partial charge on any atom is 0.350 e. The molecule has 0 saturated carbocycles. The average Bonchev–Trinajstić information content (AvgIpc) is 2.78. The van der Waals surface area contributed by atoms with Crippen molar-refractivity contribution in [2.45, 2.75) is 12.5 Å². The lowest BCUT2D eigenvalue weighted by Gasteiger charge is -2.03. The molecule has 0 fully saturated rings. The summed E-state index contributed by atoms with van der Waals surface area (Å²) in [5.74, 6) is -0.420. The monoisotopic (exact) mass is 284 g/mol. The van der Waals surface area contributed by atoms with E-state index in [-0.39, 0.29) is 0 Å². The van der Waals surface area contributed by atoms with Crippen LogP contribution in [0.5, 0.6) is 0 Å². The van der Waals surface area contributed by atoms with E-state index in [4.69, 9.17) is 4.84 Å². The second-order valence-corrected chi connectivity index (χ2v) is 4.14. The molecule has 1 aliphatic rings. The van der Waals surface area contributed by atoms with E-state index < -0.39 is 12.1 Å². The van der Waals surface area contributed by atoms with Crippen LogP contribution in [0.3, 0.4) is 0 Å². The van der Waals surface area contributed by atoms with Crippen molar-refractivity contribution in [3.63, 3.8) is 0 Å². The summed E-state index contributed by atoms with van der Waals surface area (Å²) in [5.41, 5.74) is 1.36. The van der Waals surface area contributed by atoms with Crippen molar-refractivity contribution in [3.8, 4) is 0 Å². The SMILES string of the molecule is COC(=O)C1CC(c2ccc(Br)cn2)=NO1. The zero-order chi connectivity index (χ0) is 11.5. The van der Waals surface area contributed by atoms with E-state index in [1.165, 1.54) is 7.11 Å². The number of aromatic nitrogens is 1. The van der Waals surface area contributed by atoms with Crippen molar-refractivity contribution in [1.29, 1.82) is 0 Å². The Labute approximate surface area is 101 Å². The van der Waals surface area contributed by atoms with Gasteiger partial charge in [-0.1, -0.05) is 5.16 Å². The summed E-state index contributed by atoms with van der Waals surface area (Å²) in [6.07, 6.45) is 1.41. The fourth-order valence-corrected chi connectivity index (χ4v) is 1.57. The molecule has 16 heavy (non-hydrogen) atoms. The summed E-state index contributed by atoms with van der Waals surface area (Å²) in [6.45, 7) is 0. The number of ether oxygens (including phenoxy) is 1. The molecule has 0 N–H and O–H groups in total. The van der Waals surface area contributed by atoms with Gasteiger partial charge in [-0.3, -0.25) is 4.98 Å². The van der Waals surface area contributed by atoms with Crippen LogP contribution in [0.15, 0.2) is 28.0 Å². The number of carbonyl (C=O) groups excluding carboxylic acids is 1. The van der Waals surface area contributed by atoms with E-state index in [0.717, 1.165) is 4.47 Å². The molecule has 0 aromatic carbocycles. The number of halogens is 1. The standard InChI is InChI=1S/C10H9BrN2O3/c1-15-10(14)9-4-8(13-16-9)7-3-2-6(11)5-12-7/h2-3,5,9H,4H2,1H3. The summed E-state index contributed by atoms with van der Waals surface area (Å²) in [5, 5.41) is 3.82. The van der Waals surface area contributed by atoms with Gasteiger partial charge >= 0.3 is 5.97 Å². The molecule has 1 atom stereocenters. The Morgan fingerprint density at radius 1 is 1.62 bits per heavy atom. The van der Waals surface area contributed by atoms with Gasteiger partial charge in [0.25, 0.3) is 0 Å². The molecule has 0 saturated heterocycles. The minimum Gasteiger partial charge on any atom is -0.466 e. The number of methoxy groups -OCH3 is 1. The maximum absolute atomic E-state index is 11.2. The summed E-state index contributed by atoms with van der Waals surface area (Å²) in [4.78, 5) is 20.3. The minimum atomic E-state index is -0.648. The highest BCUT2D eigenvalue weighted by atomic mass is 79.9. The molecule has 5 nitrogen and oxygen atoms in total. The van der Waals surface area contributed by atoms with Gasteiger partial charge in [-0.15, -0.1) is 0 Å². The summed E-state index contributed by atoms with van der Waals surface area (Å²) in [6, 6.07) is 3.67. The molecule has 0 bridgehead atoms. The molecule has 1 unspecified atom stereocenters. The summed E-state index contributed by atoms with van der Waals surface area (Å²) < 4.78 is 5.46. The second-order valence-electron chi connectivity index (χ2n) is 3.22. The lowest BCUT2D eigenvalue weighted by atomic mass is 10.1. The Hall–Kier alpha value is -1.43. The first kappa shape index (κ1) is 11.1. The van der Waals surface area contributed by atoms with Crippen molar-refractivity contribution >= 4 is 27.6 Å². The number of hydrogen-bond acceptors (Lipinski definition) is 5. The predicted octanol–water partition coefficient (Wildman–Crippen LogP) is 1.51. The summed E-state index contributed by atoms with van der Waals surface area (Å²) in [7, 11) is 1.32. The highest BCUT2D eigenvalue weighted by molar-refractivity contribution is 9.10. The van der Waals surface area contributed by atoms with Gasteiger partial charge in [-0.2, -0.15) is 0 Å². The zero-order valence-corrected chi connectivity index (χ0v) is 10.1. The third-order valence-electron chi connectivity index (χ3n) is 2.16. The molecule has 6 heteroatoms. The lowest BCUT2D eigenvalue weighted by Crippen LogP contribution is -2.22. The normalized spacial score (nSPS) is 18.9. The van der Waals surface area contributed by atoms with Crippen LogP contribution in [0.25, 0.3) is 0 Å². The van der Waals surface area contributed by atoms with Crippen LogP contribution in [-0.4, -0.2) is 29.9 Å². The fourth-order valence-electron chi connectivity index (χ4n) is 1.33. The highest BCUT2D eigenvalue weighted by Gasteiger charge is 2.30. The quantitative estimate of drug-likeness (QED) is 0.773. The topological polar surface area (TPSA) is 60.8 Å². The van der Waals surface area contributed by atoms with Crippen molar-refractivity contribution in [3.05, 3.63) is 28.5 Å². The molecule has 84 valence electrons. The molecule has 0 amide bonds. The fraction of sp³-hybridized carbons (Fsp3) is 0.300. The van der Waals surface area contributed by atoms with Gasteiger partial charge in [0.05, 0.1) is 12.8 Å². The number of oxime groups is 1. The Balaban J connectivity index is 2.08. The van der Waals surface area contributed by atoms with Crippen LogP contribution in [0, 0.1) is 0 Å². The first-order chi connectivity index (χ1) is 7.70. The largest absolute Gasteiger partial charge is 0.466 e. The van der Waals surface area contributed by atoms with E-state index in [2.05, 4.69) is 30.8 Å². The number of pyridine rings is 1. The van der Waals surface area contributed by atoms with E-state index in [9.17, 15) is 4.79 Å². The maximum atomic E-state index is 11.2. The van der Waals surface area contributed by atoms with Crippen LogP contribution >= 0.6 is 15.9 Å². The number of carbonyl (C=O) groups is 1. The molecule has 1 aromatic rings. The Morgan fingerprint density at radius 2 is 2.44 bits per heavy atom. The van der Waals surface area contributed by atoms with Crippen LogP contribution in [0.2, 0.25) is 0 Å². The lowest BCUT2D eigenvalue weighted by molar-refractivity contribution is -0.152. The van der Waals surface area contributed by atoms with Gasteiger partial charge in [0.15, 0.2) is 0 Å². The van der Waals surface area contributed by atoms with Gasteiger partial charge in [0, 0.05) is 17.1 Å². The molecule has 2 heterocycles. The summed E-state index contributed by atoms with van der Waals surface area (Å²) >= 11 is 3.29. The van der Waals surface area contributed by atoms with Crippen molar-refractivity contribution < 1.29 is 14.4 Å². The molecule has 0 aliphatic carbocycles. The third kappa shape index (κ3) is 2.21. The van der Waals surface area contributed by atoms with Gasteiger partial charge < -0.3 is 9.57 Å². The van der Waals surface area contributed by atoms with Gasteiger partial charge in [0.1, 0.15) is 5.71 Å². The Kier molecular flexibility index (Phi) is 3.19. The Morgan fingerprint density at radius 3 is 3.06 bits per heavy atom. The molecular weight excluding hydrogens is 276 g/mol.